The third-order valence-electron chi connectivity index (χ3n) is 2.35. The number of alkyl halides is 3. The van der Waals surface area contributed by atoms with E-state index in [1.165, 1.54) is 19.2 Å². The lowest BCUT2D eigenvalue weighted by atomic mass is 10.3. The molecule has 0 radical (unpaired) electrons. The van der Waals surface area contributed by atoms with Crippen LogP contribution in [-0.2, 0) is 12.6 Å². The fraction of sp³-hybridized carbons (Fsp3) is 0.364. The number of nitrogens with zero attached hydrogens (tertiary/aromatic N) is 2. The van der Waals surface area contributed by atoms with Crippen LogP contribution in [0.4, 0.5) is 13.2 Å². The number of rotatable bonds is 5. The fourth-order valence-corrected chi connectivity index (χ4v) is 1.40. The van der Waals surface area contributed by atoms with Gasteiger partial charge in [-0.05, 0) is 6.07 Å². The second kappa shape index (κ2) is 5.85. The highest BCUT2D eigenvalue weighted by atomic mass is 19.4. The van der Waals surface area contributed by atoms with Gasteiger partial charge in [0.25, 0.3) is 11.9 Å². The molecule has 2 heterocycles. The summed E-state index contributed by atoms with van der Waals surface area (Å²) in [6.07, 6.45) is -4.69. The van der Waals surface area contributed by atoms with Gasteiger partial charge in [0.05, 0.1) is 7.11 Å². The summed E-state index contributed by atoms with van der Waals surface area (Å²) < 4.78 is 50.5. The molecule has 2 aromatic rings. The molecule has 0 saturated carbocycles. The minimum Gasteiger partial charge on any atom is -0.468 e. The molecule has 2 aromatic heterocycles. The van der Waals surface area contributed by atoms with Crippen molar-refractivity contribution in [1.82, 2.24) is 15.5 Å². The molecule has 0 saturated heterocycles. The van der Waals surface area contributed by atoms with E-state index in [0.29, 0.717) is 0 Å². The summed E-state index contributed by atoms with van der Waals surface area (Å²) in [6.45, 7) is 0.0265. The maximum Gasteiger partial charge on any atom is 0.471 e. The first kappa shape index (κ1) is 14.9. The highest BCUT2D eigenvalue weighted by molar-refractivity contribution is 5.91. The number of ether oxygens (including phenoxy) is 1. The highest BCUT2D eigenvalue weighted by Crippen LogP contribution is 2.27. The van der Waals surface area contributed by atoms with Crippen LogP contribution in [0.3, 0.4) is 0 Å². The van der Waals surface area contributed by atoms with E-state index in [1.807, 2.05) is 0 Å². The first-order valence-electron chi connectivity index (χ1n) is 5.72. The Morgan fingerprint density at radius 2 is 2.19 bits per heavy atom. The Bertz CT molecular complexity index is 620. The maximum atomic E-state index is 12.2. The third-order valence-corrected chi connectivity index (χ3v) is 2.35. The van der Waals surface area contributed by atoms with Crippen LogP contribution in [0.5, 0.6) is 5.95 Å². The van der Waals surface area contributed by atoms with Gasteiger partial charge in [-0.2, -0.15) is 18.2 Å². The molecule has 0 aromatic carbocycles. The van der Waals surface area contributed by atoms with Gasteiger partial charge in [-0.3, -0.25) is 4.79 Å². The Morgan fingerprint density at radius 3 is 2.76 bits per heavy atom. The zero-order chi connectivity index (χ0) is 15.5. The van der Waals surface area contributed by atoms with Crippen LogP contribution in [-0.4, -0.2) is 29.7 Å². The standard InChI is InChI=1S/C11H10F3N3O4/c1-19-8-3-2-6(20-8)9(18)15-5-4-7-16-10(21-17-7)11(12,13)14/h2-3H,4-5H2,1H3,(H,15,18). The molecule has 0 fully saturated rings. The van der Waals surface area contributed by atoms with Crippen LogP contribution in [0.1, 0.15) is 22.3 Å². The Hall–Kier alpha value is -2.52. The summed E-state index contributed by atoms with van der Waals surface area (Å²) in [5.41, 5.74) is 0. The van der Waals surface area contributed by atoms with Gasteiger partial charge in [0.2, 0.25) is 0 Å². The minimum atomic E-state index is -4.68. The normalized spacial score (nSPS) is 11.4. The number of carbonyl (C=O) groups is 1. The van der Waals surface area contributed by atoms with Gasteiger partial charge < -0.3 is 19.0 Å². The second-order valence-corrected chi connectivity index (χ2v) is 3.84. The lowest BCUT2D eigenvalue weighted by Crippen LogP contribution is -2.25. The number of furan rings is 1. The van der Waals surface area contributed by atoms with Gasteiger partial charge in [-0.25, -0.2) is 0 Å². The number of methoxy groups -OCH3 is 1. The van der Waals surface area contributed by atoms with Crippen molar-refractivity contribution in [2.24, 2.45) is 0 Å². The number of carbonyl (C=O) groups excluding carboxylic acids is 1. The molecule has 1 amide bonds. The third kappa shape index (κ3) is 3.74. The van der Waals surface area contributed by atoms with Crippen molar-refractivity contribution in [2.75, 3.05) is 13.7 Å². The molecule has 0 atom stereocenters. The largest absolute Gasteiger partial charge is 0.471 e. The number of halogens is 3. The number of nitrogens with one attached hydrogen (secondary N) is 1. The summed E-state index contributed by atoms with van der Waals surface area (Å²) >= 11 is 0. The van der Waals surface area contributed by atoms with E-state index in [0.717, 1.165) is 0 Å². The van der Waals surface area contributed by atoms with Crippen LogP contribution >= 0.6 is 0 Å². The van der Waals surface area contributed by atoms with Crippen molar-refractivity contribution in [1.29, 1.82) is 0 Å². The zero-order valence-electron chi connectivity index (χ0n) is 10.7. The van der Waals surface area contributed by atoms with Gasteiger partial charge >= 0.3 is 12.1 Å². The summed E-state index contributed by atoms with van der Waals surface area (Å²) in [6, 6.07) is 2.87. The van der Waals surface area contributed by atoms with Crippen LogP contribution in [0.25, 0.3) is 0 Å². The lowest BCUT2D eigenvalue weighted by molar-refractivity contribution is -0.159. The predicted molar refractivity (Wildman–Crippen MR) is 60.6 cm³/mol. The van der Waals surface area contributed by atoms with Crippen LogP contribution < -0.4 is 10.1 Å². The van der Waals surface area contributed by atoms with Crippen molar-refractivity contribution in [3.8, 4) is 5.95 Å². The van der Waals surface area contributed by atoms with Crippen LogP contribution in [0, 0.1) is 0 Å². The van der Waals surface area contributed by atoms with E-state index in [9.17, 15) is 18.0 Å². The molecule has 0 unspecified atom stereocenters. The molecular weight excluding hydrogens is 295 g/mol. The summed E-state index contributed by atoms with van der Waals surface area (Å²) in [4.78, 5) is 14.8. The molecule has 7 nitrogen and oxygen atoms in total. The first-order valence-corrected chi connectivity index (χ1v) is 5.72. The van der Waals surface area contributed by atoms with Gasteiger partial charge in [0.15, 0.2) is 11.6 Å². The molecule has 2 rings (SSSR count). The van der Waals surface area contributed by atoms with Gasteiger partial charge in [0, 0.05) is 19.0 Å². The second-order valence-electron chi connectivity index (χ2n) is 3.84. The number of hydrogen-bond donors (Lipinski definition) is 1. The van der Waals surface area contributed by atoms with E-state index in [4.69, 9.17) is 9.15 Å². The monoisotopic (exact) mass is 305 g/mol. The SMILES string of the molecule is COc1ccc(C(=O)NCCc2noc(C(F)(F)F)n2)o1. The number of hydrogen-bond acceptors (Lipinski definition) is 6. The first-order chi connectivity index (χ1) is 9.90. The van der Waals surface area contributed by atoms with E-state index < -0.39 is 18.0 Å². The van der Waals surface area contributed by atoms with Gasteiger partial charge in [-0.1, -0.05) is 5.16 Å². The molecule has 0 aliphatic carbocycles. The fourth-order valence-electron chi connectivity index (χ4n) is 1.40. The molecular formula is C11H10F3N3O4. The van der Waals surface area contributed by atoms with Crippen molar-refractivity contribution in [2.45, 2.75) is 12.6 Å². The van der Waals surface area contributed by atoms with Crippen molar-refractivity contribution < 1.29 is 31.6 Å². The average molecular weight is 305 g/mol. The van der Waals surface area contributed by atoms with Crippen LogP contribution in [0.2, 0.25) is 0 Å². The number of aromatic nitrogens is 2. The summed E-state index contributed by atoms with van der Waals surface area (Å²) in [5, 5.41) is 5.61. The molecule has 0 spiro atoms. The summed E-state index contributed by atoms with van der Waals surface area (Å²) in [7, 11) is 1.38. The molecule has 1 N–H and O–H groups in total. The molecule has 0 bridgehead atoms. The quantitative estimate of drug-likeness (QED) is 0.903. The molecule has 114 valence electrons. The minimum absolute atomic E-state index is 0.0108. The Morgan fingerprint density at radius 1 is 1.43 bits per heavy atom. The van der Waals surface area contributed by atoms with Crippen molar-refractivity contribution in [3.05, 3.63) is 29.6 Å². The molecule has 0 aliphatic rings. The van der Waals surface area contributed by atoms with Crippen molar-refractivity contribution in [3.63, 3.8) is 0 Å². The Kier molecular flexibility index (Phi) is 4.15. The lowest BCUT2D eigenvalue weighted by Gasteiger charge is -2.00. The van der Waals surface area contributed by atoms with Gasteiger partial charge in [0.1, 0.15) is 0 Å². The van der Waals surface area contributed by atoms with E-state index in [1.54, 1.807) is 0 Å². The predicted octanol–water partition coefficient (Wildman–Crippen LogP) is 1.66. The molecule has 0 aliphatic heterocycles. The summed E-state index contributed by atoms with van der Waals surface area (Å²) in [5.74, 6) is -1.90. The topological polar surface area (TPSA) is 90.4 Å². The Balaban J connectivity index is 1.84. The number of amides is 1. The highest BCUT2D eigenvalue weighted by Gasteiger charge is 2.38. The zero-order valence-corrected chi connectivity index (χ0v) is 10.7. The smallest absolute Gasteiger partial charge is 0.468 e. The van der Waals surface area contributed by atoms with E-state index in [2.05, 4.69) is 20.0 Å². The Labute approximate surface area is 116 Å². The molecule has 21 heavy (non-hydrogen) atoms. The molecule has 10 heteroatoms. The maximum absolute atomic E-state index is 12.2. The van der Waals surface area contributed by atoms with E-state index in [-0.39, 0.29) is 30.5 Å². The van der Waals surface area contributed by atoms with Gasteiger partial charge in [-0.15, -0.1) is 0 Å². The van der Waals surface area contributed by atoms with E-state index >= 15 is 0 Å². The average Bonchev–Trinajstić information content (AvgIpc) is 3.06. The van der Waals surface area contributed by atoms with Crippen molar-refractivity contribution >= 4 is 5.91 Å². The van der Waals surface area contributed by atoms with Crippen LogP contribution in [0.15, 0.2) is 21.1 Å².